The van der Waals surface area contributed by atoms with Crippen LogP contribution in [-0.2, 0) is 18.7 Å². The summed E-state index contributed by atoms with van der Waals surface area (Å²) in [6.07, 6.45) is -1.12. The molecule has 0 bridgehead atoms. The second kappa shape index (κ2) is 11.4. The Hall–Kier alpha value is -3.03. The predicted octanol–water partition coefficient (Wildman–Crippen LogP) is 9.93. The minimum absolute atomic E-state index is 0.173. The maximum absolute atomic E-state index is 15.1. The first-order valence-electron chi connectivity index (χ1n) is 12.8. The molecular formula is C30H29F7O. The Morgan fingerprint density at radius 3 is 1.95 bits per heavy atom. The van der Waals surface area contributed by atoms with Gasteiger partial charge in [-0.25, -0.2) is 8.78 Å². The molecule has 1 saturated carbocycles. The Labute approximate surface area is 217 Å². The molecule has 1 nitrogen and oxygen atoms in total. The van der Waals surface area contributed by atoms with Crippen LogP contribution < -0.4 is 4.74 Å². The van der Waals surface area contributed by atoms with Crippen LogP contribution in [0, 0.1) is 23.5 Å². The Kier molecular flexibility index (Phi) is 8.38. The molecule has 3 aromatic rings. The lowest BCUT2D eigenvalue weighted by molar-refractivity contribution is -0.185. The largest absolute Gasteiger partial charge is 0.428 e. The van der Waals surface area contributed by atoms with E-state index >= 15 is 8.78 Å². The summed E-state index contributed by atoms with van der Waals surface area (Å²) in [5.41, 5.74) is -2.04. The molecule has 0 unspecified atom stereocenters. The first-order chi connectivity index (χ1) is 18.0. The number of alkyl halides is 5. The number of hydrogen-bond acceptors (Lipinski definition) is 1. The van der Waals surface area contributed by atoms with Crippen LogP contribution in [0.3, 0.4) is 0 Å². The molecule has 0 heterocycles. The van der Waals surface area contributed by atoms with Crippen molar-refractivity contribution in [2.45, 2.75) is 64.2 Å². The number of halogens is 7. The molecule has 38 heavy (non-hydrogen) atoms. The number of benzene rings is 3. The highest BCUT2D eigenvalue weighted by molar-refractivity contribution is 5.71. The minimum atomic E-state index is -5.24. The number of rotatable bonds is 8. The Morgan fingerprint density at radius 2 is 1.37 bits per heavy atom. The zero-order valence-corrected chi connectivity index (χ0v) is 20.9. The van der Waals surface area contributed by atoms with Gasteiger partial charge in [0.05, 0.1) is 5.56 Å². The van der Waals surface area contributed by atoms with E-state index in [1.807, 2.05) is 0 Å². The zero-order valence-electron chi connectivity index (χ0n) is 20.9. The lowest BCUT2D eigenvalue weighted by Gasteiger charge is -2.27. The highest BCUT2D eigenvalue weighted by Crippen LogP contribution is 2.41. The third-order valence-corrected chi connectivity index (χ3v) is 7.44. The average molecular weight is 539 g/mol. The fourth-order valence-electron chi connectivity index (χ4n) is 5.16. The smallest absolute Gasteiger partial charge is 0.426 e. The second-order valence-corrected chi connectivity index (χ2v) is 9.96. The van der Waals surface area contributed by atoms with Gasteiger partial charge in [-0.1, -0.05) is 69.4 Å². The highest BCUT2D eigenvalue weighted by atomic mass is 19.4. The molecule has 0 aromatic heterocycles. The summed E-state index contributed by atoms with van der Waals surface area (Å²) in [6, 6.07) is 11.9. The van der Waals surface area contributed by atoms with Crippen LogP contribution in [0.4, 0.5) is 30.7 Å². The molecule has 0 radical (unpaired) electrons. The minimum Gasteiger partial charge on any atom is -0.428 e. The molecule has 0 saturated heterocycles. The molecule has 4 rings (SSSR count). The second-order valence-electron chi connectivity index (χ2n) is 9.96. The van der Waals surface area contributed by atoms with E-state index < -0.39 is 40.8 Å². The SMILES string of the molecule is CC[C@H]1CC[C@H](CCc2ccc(C(F)(F)Oc3ccccc3-c3cc(F)c(C(F)(F)F)c(F)c3)cc2)CC1. The molecule has 0 spiro atoms. The maximum atomic E-state index is 15.1. The van der Waals surface area contributed by atoms with Crippen molar-refractivity contribution in [3.8, 4) is 16.9 Å². The number of ether oxygens (including phenoxy) is 1. The van der Waals surface area contributed by atoms with Gasteiger partial charge in [0.15, 0.2) is 0 Å². The Balaban J connectivity index is 1.47. The van der Waals surface area contributed by atoms with Crippen LogP contribution in [0.15, 0.2) is 60.7 Å². The van der Waals surface area contributed by atoms with Crippen molar-refractivity contribution in [1.82, 2.24) is 0 Å². The van der Waals surface area contributed by atoms with Gasteiger partial charge < -0.3 is 4.74 Å². The topological polar surface area (TPSA) is 9.23 Å². The third-order valence-electron chi connectivity index (χ3n) is 7.44. The van der Waals surface area contributed by atoms with E-state index in [9.17, 15) is 22.0 Å². The summed E-state index contributed by atoms with van der Waals surface area (Å²) in [4.78, 5) is 0. The van der Waals surface area contributed by atoms with Gasteiger partial charge in [-0.3, -0.25) is 0 Å². The molecule has 1 aliphatic carbocycles. The molecule has 0 amide bonds. The molecule has 1 fully saturated rings. The van der Waals surface area contributed by atoms with Gasteiger partial charge in [-0.05, 0) is 66.1 Å². The van der Waals surface area contributed by atoms with Crippen LogP contribution in [0.1, 0.15) is 62.1 Å². The van der Waals surface area contributed by atoms with Gasteiger partial charge in [0.2, 0.25) is 0 Å². The fraction of sp³-hybridized carbons (Fsp3) is 0.400. The summed E-state index contributed by atoms with van der Waals surface area (Å²) in [6.45, 7) is 2.22. The van der Waals surface area contributed by atoms with Crippen molar-refractivity contribution in [2.75, 3.05) is 0 Å². The van der Waals surface area contributed by atoms with E-state index in [1.165, 1.54) is 68.5 Å². The molecule has 0 aliphatic heterocycles. The van der Waals surface area contributed by atoms with Gasteiger partial charge in [0, 0.05) is 5.56 Å². The van der Waals surface area contributed by atoms with E-state index in [-0.39, 0.29) is 11.1 Å². The van der Waals surface area contributed by atoms with Crippen LogP contribution in [0.5, 0.6) is 5.75 Å². The van der Waals surface area contributed by atoms with Crippen molar-refractivity contribution in [3.05, 3.63) is 89.0 Å². The first kappa shape index (κ1) is 28.0. The van der Waals surface area contributed by atoms with Crippen LogP contribution in [0.25, 0.3) is 11.1 Å². The standard InChI is InChI=1S/C30H29F7O/c1-2-19-7-9-20(10-8-19)11-12-21-13-15-23(16-14-21)30(36,37)38-27-6-4-3-5-24(27)22-17-25(31)28(26(32)18-22)29(33,34)35/h3-6,13-20H,2,7-12H2,1H3/t19-,20-. The van der Waals surface area contributed by atoms with E-state index in [0.29, 0.717) is 18.1 Å². The average Bonchev–Trinajstić information content (AvgIpc) is 2.87. The van der Waals surface area contributed by atoms with Crippen molar-refractivity contribution in [1.29, 1.82) is 0 Å². The Morgan fingerprint density at radius 1 is 0.789 bits per heavy atom. The lowest BCUT2D eigenvalue weighted by Crippen LogP contribution is -2.22. The normalized spacial score (nSPS) is 18.4. The predicted molar refractivity (Wildman–Crippen MR) is 132 cm³/mol. The van der Waals surface area contributed by atoms with E-state index in [0.717, 1.165) is 24.3 Å². The number of aryl methyl sites for hydroxylation is 1. The monoisotopic (exact) mass is 538 g/mol. The summed E-state index contributed by atoms with van der Waals surface area (Å²) < 4.78 is 102. The van der Waals surface area contributed by atoms with Crippen LogP contribution in [0.2, 0.25) is 0 Å². The molecular weight excluding hydrogens is 509 g/mol. The van der Waals surface area contributed by atoms with Gasteiger partial charge in [-0.15, -0.1) is 0 Å². The summed E-state index contributed by atoms with van der Waals surface area (Å²) in [7, 11) is 0. The van der Waals surface area contributed by atoms with E-state index in [4.69, 9.17) is 4.74 Å². The molecule has 1 aliphatic rings. The van der Waals surface area contributed by atoms with Crippen molar-refractivity contribution in [2.24, 2.45) is 11.8 Å². The quantitative estimate of drug-likeness (QED) is 0.259. The lowest BCUT2D eigenvalue weighted by atomic mass is 9.78. The van der Waals surface area contributed by atoms with Crippen molar-refractivity contribution < 1.29 is 35.5 Å². The fourth-order valence-corrected chi connectivity index (χ4v) is 5.16. The van der Waals surface area contributed by atoms with Crippen LogP contribution >= 0.6 is 0 Å². The molecule has 204 valence electrons. The van der Waals surface area contributed by atoms with Crippen LogP contribution in [-0.4, -0.2) is 0 Å². The first-order valence-corrected chi connectivity index (χ1v) is 12.8. The third kappa shape index (κ3) is 6.51. The molecule has 3 aromatic carbocycles. The van der Waals surface area contributed by atoms with Crippen molar-refractivity contribution >= 4 is 0 Å². The van der Waals surface area contributed by atoms with Gasteiger partial charge in [-0.2, -0.15) is 22.0 Å². The summed E-state index contributed by atoms with van der Waals surface area (Å²) in [5.74, 6) is -2.65. The number of hydrogen-bond donors (Lipinski definition) is 0. The molecule has 0 N–H and O–H groups in total. The maximum Gasteiger partial charge on any atom is 0.426 e. The van der Waals surface area contributed by atoms with E-state index in [1.54, 1.807) is 12.1 Å². The molecule has 8 heteroatoms. The number of para-hydroxylation sites is 1. The Bertz CT molecular complexity index is 1200. The zero-order chi connectivity index (χ0) is 27.5. The highest BCUT2D eigenvalue weighted by Gasteiger charge is 2.39. The van der Waals surface area contributed by atoms with E-state index in [2.05, 4.69) is 6.92 Å². The summed E-state index contributed by atoms with van der Waals surface area (Å²) in [5, 5.41) is 0. The van der Waals surface area contributed by atoms with Gasteiger partial charge in [0.1, 0.15) is 22.9 Å². The molecule has 0 atom stereocenters. The van der Waals surface area contributed by atoms with Crippen molar-refractivity contribution in [3.63, 3.8) is 0 Å². The summed E-state index contributed by atoms with van der Waals surface area (Å²) >= 11 is 0. The van der Waals surface area contributed by atoms with Gasteiger partial charge in [0.25, 0.3) is 0 Å². The van der Waals surface area contributed by atoms with Gasteiger partial charge >= 0.3 is 12.3 Å².